The van der Waals surface area contributed by atoms with E-state index in [0.717, 1.165) is 75.3 Å². The molecule has 0 spiro atoms. The summed E-state index contributed by atoms with van der Waals surface area (Å²) in [6.45, 7) is 8.65. The number of halogens is 1. The Hall–Kier alpha value is -3.49. The van der Waals surface area contributed by atoms with Gasteiger partial charge in [-0.05, 0) is 91.8 Å². The SMILES string of the molecule is COc1ccc2c(c1)C(C)(C)C(=CC=C1CCCC(C=CC3=[N+](CCCS(=O)(=O)O)c4ccc(CO)cc4C3(C)C)=C1Cl)N2/C=C/C=S(=O)(O)O. The van der Waals surface area contributed by atoms with Gasteiger partial charge in [-0.3, -0.25) is 13.7 Å². The summed E-state index contributed by atoms with van der Waals surface area (Å²) in [5.41, 5.74) is 7.43. The molecule has 0 amide bonds. The summed E-state index contributed by atoms with van der Waals surface area (Å²) in [5, 5.41) is 11.3. The summed E-state index contributed by atoms with van der Waals surface area (Å²) in [4.78, 5) is 1.92. The minimum atomic E-state index is -4.11. The Bertz CT molecular complexity index is 2140. The van der Waals surface area contributed by atoms with E-state index >= 15 is 0 Å². The van der Waals surface area contributed by atoms with Crippen LogP contribution >= 0.6 is 11.6 Å². The topological polar surface area (TPSA) is 148 Å². The van der Waals surface area contributed by atoms with E-state index in [9.17, 15) is 31.4 Å². The molecule has 2 aromatic carbocycles. The summed E-state index contributed by atoms with van der Waals surface area (Å²) >= 11 is 7.11. The Morgan fingerprint density at radius 1 is 0.961 bits per heavy atom. The Balaban J connectivity index is 1.53. The number of nitrogens with zero attached hydrogens (tertiary/aromatic N) is 2. The molecule has 0 unspecified atom stereocenters. The zero-order valence-electron chi connectivity index (χ0n) is 29.5. The number of aliphatic hydroxyl groups excluding tert-OH is 1. The van der Waals surface area contributed by atoms with Gasteiger partial charge < -0.3 is 14.7 Å². The van der Waals surface area contributed by atoms with Crippen LogP contribution in [-0.2, 0) is 37.6 Å². The van der Waals surface area contributed by atoms with E-state index in [1.807, 2.05) is 65.6 Å². The molecule has 274 valence electrons. The molecule has 0 bridgehead atoms. The number of fused-ring (bicyclic) bond motifs is 2. The molecule has 0 atom stereocenters. The summed E-state index contributed by atoms with van der Waals surface area (Å²) in [6, 6.07) is 11.5. The molecule has 0 radical (unpaired) electrons. The number of methoxy groups -OCH3 is 1. The van der Waals surface area contributed by atoms with Gasteiger partial charge >= 0.3 is 0 Å². The quantitative estimate of drug-likeness (QED) is 0.0807. The number of anilines is 1. The molecule has 3 aliphatic rings. The lowest BCUT2D eigenvalue weighted by Gasteiger charge is -2.25. The molecule has 0 aromatic heterocycles. The van der Waals surface area contributed by atoms with Gasteiger partial charge in [-0.15, -0.1) is 0 Å². The van der Waals surface area contributed by atoms with Crippen LogP contribution in [0.4, 0.5) is 11.4 Å². The number of hydrogen-bond acceptors (Lipinski definition) is 6. The lowest BCUT2D eigenvalue weighted by atomic mass is 9.80. The number of aliphatic hydroxyl groups is 1. The number of allylic oxidation sites excluding steroid dienone is 9. The number of ether oxygens (including phenoxy) is 1. The van der Waals surface area contributed by atoms with Crippen molar-refractivity contribution in [3.05, 3.63) is 112 Å². The molecule has 0 fully saturated rings. The van der Waals surface area contributed by atoms with Crippen molar-refractivity contribution >= 4 is 54.3 Å². The van der Waals surface area contributed by atoms with Crippen molar-refractivity contribution in [2.75, 3.05) is 24.3 Å². The van der Waals surface area contributed by atoms with E-state index in [4.69, 9.17) is 16.3 Å². The zero-order chi connectivity index (χ0) is 37.4. The summed E-state index contributed by atoms with van der Waals surface area (Å²) in [7, 11) is -6.57. The van der Waals surface area contributed by atoms with Gasteiger partial charge in [0.1, 0.15) is 12.3 Å². The van der Waals surface area contributed by atoms with Gasteiger partial charge in [0.25, 0.3) is 10.1 Å². The summed E-state index contributed by atoms with van der Waals surface area (Å²) < 4.78 is 70.3. The van der Waals surface area contributed by atoms with Gasteiger partial charge in [0.05, 0.1) is 24.9 Å². The first-order valence-corrected chi connectivity index (χ1v) is 20.2. The van der Waals surface area contributed by atoms with Crippen molar-refractivity contribution in [3.8, 4) is 5.75 Å². The lowest BCUT2D eigenvalue weighted by Crippen LogP contribution is -2.28. The number of benzene rings is 2. The first-order chi connectivity index (χ1) is 23.9. The predicted molar refractivity (Wildman–Crippen MR) is 205 cm³/mol. The fourth-order valence-corrected chi connectivity index (χ4v) is 8.21. The molecule has 10 nitrogen and oxygen atoms in total. The second-order valence-electron chi connectivity index (χ2n) is 14.0. The fourth-order valence-electron chi connectivity index (χ4n) is 7.13. The van der Waals surface area contributed by atoms with Crippen LogP contribution in [-0.4, -0.2) is 66.5 Å². The minimum Gasteiger partial charge on any atom is -0.497 e. The van der Waals surface area contributed by atoms with E-state index in [1.165, 1.54) is 6.08 Å². The Morgan fingerprint density at radius 3 is 2.37 bits per heavy atom. The van der Waals surface area contributed by atoms with Gasteiger partial charge in [-0.25, -0.2) is 4.21 Å². The first kappa shape index (κ1) is 38.7. The highest BCUT2D eigenvalue weighted by Gasteiger charge is 2.44. The number of rotatable bonds is 11. The maximum Gasteiger partial charge on any atom is 0.265 e. The monoisotopic (exact) mass is 757 g/mol. The van der Waals surface area contributed by atoms with Gasteiger partial charge in [-0.1, -0.05) is 43.7 Å². The molecule has 5 rings (SSSR count). The minimum absolute atomic E-state index is 0.0951. The molecular weight excluding hydrogens is 712 g/mol. The average Bonchev–Trinajstić information content (AvgIpc) is 3.39. The second kappa shape index (κ2) is 14.9. The van der Waals surface area contributed by atoms with Crippen LogP contribution in [0.5, 0.6) is 5.75 Å². The van der Waals surface area contributed by atoms with Gasteiger partial charge in [-0.2, -0.15) is 13.0 Å². The highest BCUT2D eigenvalue weighted by atomic mass is 35.5. The van der Waals surface area contributed by atoms with Crippen molar-refractivity contribution < 1.29 is 40.7 Å². The van der Waals surface area contributed by atoms with Crippen molar-refractivity contribution in [2.45, 2.75) is 70.8 Å². The smallest absolute Gasteiger partial charge is 0.265 e. The molecule has 4 N–H and O–H groups in total. The molecule has 2 aromatic rings. The summed E-state index contributed by atoms with van der Waals surface area (Å²) in [6.07, 6.45) is 13.7. The Labute approximate surface area is 306 Å². The second-order valence-corrected chi connectivity index (χ2v) is 17.3. The molecule has 1 aliphatic carbocycles. The fraction of sp³-hybridized carbons (Fsp3) is 0.368. The highest BCUT2D eigenvalue weighted by molar-refractivity contribution is 7.91. The van der Waals surface area contributed by atoms with Gasteiger partial charge in [0, 0.05) is 57.5 Å². The van der Waals surface area contributed by atoms with Crippen LogP contribution in [0.15, 0.2) is 94.9 Å². The molecule has 2 heterocycles. The maximum absolute atomic E-state index is 11.5. The van der Waals surface area contributed by atoms with Crippen molar-refractivity contribution in [1.82, 2.24) is 0 Å². The van der Waals surface area contributed by atoms with Crippen LogP contribution in [0.2, 0.25) is 0 Å². The van der Waals surface area contributed by atoms with E-state index < -0.39 is 31.0 Å². The van der Waals surface area contributed by atoms with Gasteiger partial charge in [0.15, 0.2) is 15.8 Å². The summed E-state index contributed by atoms with van der Waals surface area (Å²) in [5.74, 6) is 0.355. The van der Waals surface area contributed by atoms with Crippen LogP contribution in [0.1, 0.15) is 70.1 Å². The maximum atomic E-state index is 11.5. The molecule has 2 aliphatic heterocycles. The molecule has 0 saturated carbocycles. The third-order valence-corrected chi connectivity index (χ3v) is 11.6. The van der Waals surface area contributed by atoms with E-state index in [2.05, 4.69) is 32.3 Å². The zero-order valence-corrected chi connectivity index (χ0v) is 31.9. The Morgan fingerprint density at radius 2 is 1.71 bits per heavy atom. The highest BCUT2D eigenvalue weighted by Crippen LogP contribution is 2.49. The molecule has 51 heavy (non-hydrogen) atoms. The third kappa shape index (κ3) is 8.44. The first-order valence-electron chi connectivity index (χ1n) is 16.7. The van der Waals surface area contributed by atoms with Crippen LogP contribution in [0.3, 0.4) is 0 Å². The standard InChI is InChI=1S/C38H45ClN2O8S2/c1-37(2)30-23-26(25-42)11-15-32(30)40(19-7-21-50(43,44)45)34(37)17-12-27-9-6-10-28(36(27)39)13-18-35-38(3,4)31-24-29(49-5)14-16-33(31)41(35)20-8-22-51(46,47)48/h8,11-18,20,22-24,42H,6-7,9-10,19,21,25H2,1-5H3,(H2-,43,44,45,46,47,48)/p+1/b20-8+. The number of hydrogen-bond donors (Lipinski definition) is 4. The normalized spacial score (nSPS) is 20.3. The van der Waals surface area contributed by atoms with Gasteiger partial charge in [0.2, 0.25) is 5.69 Å². The third-order valence-electron chi connectivity index (χ3n) is 9.79. The largest absolute Gasteiger partial charge is 0.497 e. The van der Waals surface area contributed by atoms with E-state index in [0.29, 0.717) is 17.3 Å². The van der Waals surface area contributed by atoms with E-state index in [1.54, 1.807) is 13.3 Å². The Kier molecular flexibility index (Phi) is 11.3. The predicted octanol–water partition coefficient (Wildman–Crippen LogP) is 7.23. The van der Waals surface area contributed by atoms with Crippen molar-refractivity contribution in [3.63, 3.8) is 0 Å². The molecular formula is C38H46ClN2O8S2+. The molecule has 13 heteroatoms. The lowest BCUT2D eigenvalue weighted by molar-refractivity contribution is -0.437. The average molecular weight is 758 g/mol. The van der Waals surface area contributed by atoms with Crippen LogP contribution in [0.25, 0.3) is 0 Å². The van der Waals surface area contributed by atoms with Crippen LogP contribution in [0, 0.1) is 0 Å². The van der Waals surface area contributed by atoms with Crippen LogP contribution < -0.4 is 9.64 Å². The van der Waals surface area contributed by atoms with Crippen molar-refractivity contribution in [1.29, 1.82) is 0 Å². The van der Waals surface area contributed by atoms with Crippen molar-refractivity contribution in [2.24, 2.45) is 0 Å². The van der Waals surface area contributed by atoms with E-state index in [-0.39, 0.29) is 18.8 Å². The molecule has 0 saturated heterocycles.